The topological polar surface area (TPSA) is 118 Å². The van der Waals surface area contributed by atoms with Gasteiger partial charge in [0.15, 0.2) is 0 Å². The Morgan fingerprint density at radius 2 is 1.44 bits per heavy atom. The smallest absolute Gasteiger partial charge is 0.417 e. The first-order valence-electron chi connectivity index (χ1n) is 8.67. The lowest BCUT2D eigenvalue weighted by Gasteiger charge is -2.40. The summed E-state index contributed by atoms with van der Waals surface area (Å²) < 4.78 is 38.3. The van der Waals surface area contributed by atoms with Crippen molar-refractivity contribution < 1.29 is 41.7 Å². The molecule has 0 aromatic carbocycles. The fourth-order valence-corrected chi connectivity index (χ4v) is 5.46. The summed E-state index contributed by atoms with van der Waals surface area (Å²) in [5, 5.41) is 0. The molecule has 0 aromatic rings. The summed E-state index contributed by atoms with van der Waals surface area (Å²) in [6, 6.07) is 0. The van der Waals surface area contributed by atoms with Gasteiger partial charge >= 0.3 is 20.2 Å². The van der Waals surface area contributed by atoms with Gasteiger partial charge in [-0.15, -0.1) is 9.42 Å². The Morgan fingerprint density at radius 3 is 1.74 bits per heavy atom. The normalized spacial score (nSPS) is 36.0. The molecule has 9 nitrogen and oxygen atoms in total. The third kappa shape index (κ3) is 5.42. The molecule has 2 rings (SSSR count). The molecule has 2 fully saturated rings. The summed E-state index contributed by atoms with van der Waals surface area (Å²) in [6.45, 7) is 7.31. The monoisotopic (exact) mass is 443 g/mol. The minimum atomic E-state index is -2.92. The highest BCUT2D eigenvalue weighted by atomic mass is 31.2. The molecule has 0 spiro atoms. The van der Waals surface area contributed by atoms with Crippen molar-refractivity contribution in [2.24, 2.45) is 10.8 Å². The fourth-order valence-electron chi connectivity index (χ4n) is 3.24. The van der Waals surface area contributed by atoms with Crippen LogP contribution >= 0.6 is 25.0 Å². The number of rotatable bonds is 8. The van der Waals surface area contributed by atoms with Gasteiger partial charge in [0.25, 0.3) is 0 Å². The molecule has 2 aliphatic rings. The fraction of sp³-hybridized carbons (Fsp3) is 0.867. The van der Waals surface area contributed by atoms with Gasteiger partial charge in [0, 0.05) is 17.9 Å². The van der Waals surface area contributed by atoms with Crippen LogP contribution in [0.5, 0.6) is 0 Å². The van der Waals surface area contributed by atoms with E-state index in [-0.39, 0.29) is 26.1 Å². The van der Waals surface area contributed by atoms with Gasteiger partial charge in [0.2, 0.25) is 16.8 Å². The van der Waals surface area contributed by atoms with Crippen LogP contribution in [-0.2, 0) is 36.8 Å². The van der Waals surface area contributed by atoms with E-state index >= 15 is 0 Å². The van der Waals surface area contributed by atoms with Crippen LogP contribution in [0.4, 0.5) is 0 Å². The summed E-state index contributed by atoms with van der Waals surface area (Å²) in [5.41, 5.74) is -1.98. The quantitative estimate of drug-likeness (QED) is 0.561. The van der Waals surface area contributed by atoms with E-state index in [1.54, 1.807) is 13.3 Å². The van der Waals surface area contributed by atoms with Crippen LogP contribution in [0.2, 0.25) is 0 Å². The van der Waals surface area contributed by atoms with Gasteiger partial charge in [-0.1, -0.05) is 13.8 Å². The van der Waals surface area contributed by atoms with Crippen molar-refractivity contribution in [2.45, 2.75) is 45.6 Å². The summed E-state index contributed by atoms with van der Waals surface area (Å²) >= 11 is 0. The van der Waals surface area contributed by atoms with Crippen molar-refractivity contribution in [3.8, 4) is 0 Å². The maximum atomic E-state index is 12.5. The van der Waals surface area contributed by atoms with Crippen molar-refractivity contribution in [1.29, 1.82) is 0 Å². The molecular weight excluding hydrogens is 417 g/mol. The molecule has 12 heteroatoms. The molecular formula is C15H26O9P3+. The zero-order chi connectivity index (χ0) is 20.2. The van der Waals surface area contributed by atoms with Crippen molar-refractivity contribution >= 4 is 36.9 Å². The number of carbonyl (C=O) groups excluding carboxylic acids is 2. The summed E-state index contributed by atoms with van der Waals surface area (Å²) in [6.07, 6.45) is 0.189. The number of hydrogen-bond donors (Lipinski definition) is 1. The van der Waals surface area contributed by atoms with Gasteiger partial charge in [-0.3, -0.25) is 9.59 Å². The van der Waals surface area contributed by atoms with Crippen molar-refractivity contribution in [1.82, 2.24) is 0 Å². The minimum absolute atomic E-state index is 0.100. The summed E-state index contributed by atoms with van der Waals surface area (Å²) in [4.78, 5) is 34.4. The van der Waals surface area contributed by atoms with Crippen LogP contribution in [0.1, 0.15) is 39.5 Å². The predicted molar refractivity (Wildman–Crippen MR) is 99.2 cm³/mol. The van der Waals surface area contributed by atoms with Crippen molar-refractivity contribution in [3.63, 3.8) is 0 Å². The molecule has 2 heterocycles. The average molecular weight is 443 g/mol. The zero-order valence-electron chi connectivity index (χ0n) is 15.9. The first-order chi connectivity index (χ1) is 12.7. The van der Waals surface area contributed by atoms with Gasteiger partial charge in [-0.2, -0.15) is 0 Å². The van der Waals surface area contributed by atoms with Crippen LogP contribution in [0.3, 0.4) is 0 Å². The maximum absolute atomic E-state index is 12.5. The molecule has 0 aliphatic carbocycles. The molecule has 1 N–H and O–H groups in total. The van der Waals surface area contributed by atoms with E-state index in [2.05, 4.69) is 0 Å². The van der Waals surface area contributed by atoms with E-state index in [0.717, 1.165) is 0 Å². The molecule has 0 radical (unpaired) electrons. The van der Waals surface area contributed by atoms with E-state index < -0.39 is 53.9 Å². The first kappa shape index (κ1) is 23.0. The molecule has 0 aromatic heterocycles. The van der Waals surface area contributed by atoms with E-state index in [1.807, 2.05) is 13.8 Å². The molecule has 0 bridgehead atoms. The third-order valence-electron chi connectivity index (χ3n) is 5.16. The zero-order valence-corrected chi connectivity index (χ0v) is 18.6. The second-order valence-corrected chi connectivity index (χ2v) is 10.2. The molecule has 2 saturated heterocycles. The highest BCUT2D eigenvalue weighted by Gasteiger charge is 2.51. The SMILES string of the molecule is CCC1(CC(CC2(CC)COP(C)OC2=O)O[P+](=O)O)COP(C)OC1=O. The van der Waals surface area contributed by atoms with E-state index in [9.17, 15) is 19.0 Å². The van der Waals surface area contributed by atoms with E-state index in [1.165, 1.54) is 0 Å². The second-order valence-electron chi connectivity index (χ2n) is 6.82. The van der Waals surface area contributed by atoms with Gasteiger partial charge in [-0.05, 0) is 25.7 Å². The summed E-state index contributed by atoms with van der Waals surface area (Å²) in [7, 11) is -5.46. The molecule has 27 heavy (non-hydrogen) atoms. The standard InChI is InChI=1S/C15H25O9P3/c1-5-14(9-20-25(3)23-12(14)16)7-11(22-27(18)19)8-15(6-2)10-21-26(4)24-13(15)17/h11H,5-10H2,1-4H3/p+1. The number of hydrogen-bond acceptors (Lipinski definition) is 8. The van der Waals surface area contributed by atoms with Crippen LogP contribution < -0.4 is 0 Å². The Hall–Kier alpha value is -0.260. The van der Waals surface area contributed by atoms with Gasteiger partial charge < -0.3 is 18.1 Å². The molecule has 154 valence electrons. The Morgan fingerprint density at radius 1 is 1.04 bits per heavy atom. The van der Waals surface area contributed by atoms with Gasteiger partial charge in [0.05, 0.1) is 24.0 Å². The van der Waals surface area contributed by atoms with Crippen LogP contribution in [-0.4, -0.2) is 49.5 Å². The lowest BCUT2D eigenvalue weighted by molar-refractivity contribution is -0.158. The lowest BCUT2D eigenvalue weighted by Crippen LogP contribution is -2.46. The number of carbonyl (C=O) groups is 2. The Bertz CT molecular complexity index is 547. The molecule has 5 unspecified atom stereocenters. The van der Waals surface area contributed by atoms with Crippen LogP contribution in [0.25, 0.3) is 0 Å². The molecule has 5 atom stereocenters. The van der Waals surface area contributed by atoms with Crippen LogP contribution in [0.15, 0.2) is 0 Å². The molecule has 0 saturated carbocycles. The van der Waals surface area contributed by atoms with E-state index in [4.69, 9.17) is 22.6 Å². The Labute approximate surface area is 162 Å². The Kier molecular flexibility index (Phi) is 8.09. The van der Waals surface area contributed by atoms with Crippen LogP contribution in [0, 0.1) is 10.8 Å². The van der Waals surface area contributed by atoms with Gasteiger partial charge in [0.1, 0.15) is 6.10 Å². The maximum Gasteiger partial charge on any atom is 0.694 e. The molecule has 0 amide bonds. The average Bonchev–Trinajstić information content (AvgIpc) is 2.59. The highest BCUT2D eigenvalue weighted by Crippen LogP contribution is 2.51. The second kappa shape index (κ2) is 9.49. The third-order valence-corrected chi connectivity index (χ3v) is 7.47. The van der Waals surface area contributed by atoms with Crippen molar-refractivity contribution in [2.75, 3.05) is 26.5 Å². The van der Waals surface area contributed by atoms with E-state index in [0.29, 0.717) is 12.8 Å². The summed E-state index contributed by atoms with van der Waals surface area (Å²) in [5.74, 6) is -0.812. The van der Waals surface area contributed by atoms with Gasteiger partial charge in [-0.25, -0.2) is 0 Å². The Balaban J connectivity index is 2.22. The highest BCUT2D eigenvalue weighted by molar-refractivity contribution is 7.47. The van der Waals surface area contributed by atoms with Crippen molar-refractivity contribution in [3.05, 3.63) is 0 Å². The predicted octanol–water partition coefficient (Wildman–Crippen LogP) is 3.62. The minimum Gasteiger partial charge on any atom is -0.417 e. The first-order valence-corrected chi connectivity index (χ1v) is 13.1. The molecule has 2 aliphatic heterocycles. The lowest BCUT2D eigenvalue weighted by atomic mass is 9.74. The largest absolute Gasteiger partial charge is 0.694 e.